The van der Waals surface area contributed by atoms with Gasteiger partial charge in [0.1, 0.15) is 17.1 Å². The summed E-state index contributed by atoms with van der Waals surface area (Å²) in [5.41, 5.74) is 1.66. The van der Waals surface area contributed by atoms with Crippen LogP contribution in [0.5, 0.6) is 5.75 Å². The number of aryl methyl sites for hydroxylation is 1. The van der Waals surface area contributed by atoms with E-state index in [-0.39, 0.29) is 5.82 Å². The third-order valence-electron chi connectivity index (χ3n) is 6.76. The summed E-state index contributed by atoms with van der Waals surface area (Å²) in [7, 11) is 0. The fourth-order valence-corrected chi connectivity index (χ4v) is 5.35. The number of anilines is 1. The average Bonchev–Trinajstić information content (AvgIpc) is 3.29. The maximum absolute atomic E-state index is 13.2. The van der Waals surface area contributed by atoms with Gasteiger partial charge in [0.25, 0.3) is 0 Å². The van der Waals surface area contributed by atoms with Crippen LogP contribution in [-0.4, -0.2) is 54.5 Å². The lowest BCUT2D eigenvalue weighted by Gasteiger charge is -2.30. The van der Waals surface area contributed by atoms with Crippen molar-refractivity contribution in [3.05, 3.63) is 76.0 Å². The molecule has 0 unspecified atom stereocenters. The Morgan fingerprint density at radius 1 is 1.16 bits per heavy atom. The van der Waals surface area contributed by atoms with Crippen LogP contribution in [0, 0.1) is 12.7 Å². The molecule has 2 aromatic carbocycles. The molecule has 37 heavy (non-hydrogen) atoms. The van der Waals surface area contributed by atoms with Gasteiger partial charge >= 0.3 is 5.97 Å². The quantitative estimate of drug-likeness (QED) is 0.356. The number of rotatable bonds is 12. The molecule has 0 bridgehead atoms. The first-order valence-corrected chi connectivity index (χ1v) is 13.4. The van der Waals surface area contributed by atoms with Crippen LogP contribution in [0.15, 0.2) is 48.5 Å². The van der Waals surface area contributed by atoms with E-state index in [1.54, 1.807) is 23.5 Å². The van der Waals surface area contributed by atoms with E-state index in [4.69, 9.17) is 14.5 Å². The van der Waals surface area contributed by atoms with Gasteiger partial charge in [-0.25, -0.2) is 9.37 Å². The highest BCUT2D eigenvalue weighted by Gasteiger charge is 2.36. The molecule has 1 aromatic heterocycles. The lowest BCUT2D eigenvalue weighted by atomic mass is 9.87. The molecule has 1 aliphatic heterocycles. The van der Waals surface area contributed by atoms with Gasteiger partial charge in [-0.1, -0.05) is 31.2 Å². The van der Waals surface area contributed by atoms with Gasteiger partial charge in [-0.3, -0.25) is 10.1 Å². The number of carbonyl (C=O) groups is 1. The van der Waals surface area contributed by atoms with Crippen LogP contribution in [0.2, 0.25) is 0 Å². The van der Waals surface area contributed by atoms with Gasteiger partial charge in [-0.2, -0.15) is 0 Å². The SMILES string of the molecule is CC[C@@](Cc1ccc(OCCc2nc(N3CCOCC3)sc2C)cc1)(NCc1ccc(F)cc1)C(=O)O. The molecule has 1 aliphatic rings. The Hall–Kier alpha value is -3.01. The largest absolute Gasteiger partial charge is 0.493 e. The number of nitrogens with zero attached hydrogens (tertiary/aromatic N) is 2. The third kappa shape index (κ3) is 7.06. The number of aliphatic carboxylic acids is 1. The van der Waals surface area contributed by atoms with Gasteiger partial charge in [0.15, 0.2) is 5.13 Å². The van der Waals surface area contributed by atoms with Gasteiger partial charge in [-0.15, -0.1) is 11.3 Å². The lowest BCUT2D eigenvalue weighted by molar-refractivity contribution is -0.145. The molecule has 0 spiro atoms. The Morgan fingerprint density at radius 2 is 1.84 bits per heavy atom. The van der Waals surface area contributed by atoms with E-state index in [2.05, 4.69) is 17.1 Å². The van der Waals surface area contributed by atoms with Crippen LogP contribution < -0.4 is 15.0 Å². The molecule has 0 radical (unpaired) electrons. The van der Waals surface area contributed by atoms with Crippen molar-refractivity contribution in [3.8, 4) is 5.75 Å². The Morgan fingerprint density at radius 3 is 2.49 bits per heavy atom. The zero-order valence-corrected chi connectivity index (χ0v) is 22.2. The normalized spacial score (nSPS) is 15.4. The fourth-order valence-electron chi connectivity index (χ4n) is 4.34. The van der Waals surface area contributed by atoms with Crippen LogP contribution in [-0.2, 0) is 28.9 Å². The van der Waals surface area contributed by atoms with E-state index in [0.717, 1.165) is 60.4 Å². The highest BCUT2D eigenvalue weighted by Crippen LogP contribution is 2.27. The van der Waals surface area contributed by atoms with Gasteiger partial charge < -0.3 is 19.5 Å². The van der Waals surface area contributed by atoms with E-state index in [1.807, 2.05) is 31.2 Å². The van der Waals surface area contributed by atoms with Crippen molar-refractivity contribution in [2.45, 2.75) is 45.2 Å². The van der Waals surface area contributed by atoms with Crippen molar-refractivity contribution < 1.29 is 23.8 Å². The number of benzene rings is 2. The molecular formula is C28H34FN3O4S. The number of aromatic nitrogens is 1. The van der Waals surface area contributed by atoms with Crippen LogP contribution >= 0.6 is 11.3 Å². The van der Waals surface area contributed by atoms with Crippen LogP contribution in [0.25, 0.3) is 0 Å². The smallest absolute Gasteiger partial charge is 0.324 e. The highest BCUT2D eigenvalue weighted by atomic mass is 32.1. The number of hydrogen-bond acceptors (Lipinski definition) is 7. The maximum atomic E-state index is 13.2. The molecule has 1 saturated heterocycles. The molecule has 9 heteroatoms. The van der Waals surface area contributed by atoms with Crippen LogP contribution in [0.4, 0.5) is 9.52 Å². The van der Waals surface area contributed by atoms with Crippen molar-refractivity contribution in [1.82, 2.24) is 10.3 Å². The monoisotopic (exact) mass is 527 g/mol. The number of morpholine rings is 1. The average molecular weight is 528 g/mol. The molecule has 4 rings (SSSR count). The van der Waals surface area contributed by atoms with Gasteiger partial charge in [0, 0.05) is 37.4 Å². The zero-order valence-electron chi connectivity index (χ0n) is 21.3. The Balaban J connectivity index is 1.31. The van der Waals surface area contributed by atoms with Crippen molar-refractivity contribution in [2.75, 3.05) is 37.8 Å². The molecule has 1 fully saturated rings. The van der Waals surface area contributed by atoms with Gasteiger partial charge in [0.05, 0.1) is 25.5 Å². The second kappa shape index (κ2) is 12.5. The minimum absolute atomic E-state index is 0.314. The maximum Gasteiger partial charge on any atom is 0.324 e. The molecule has 0 saturated carbocycles. The van der Waals surface area contributed by atoms with Crippen molar-refractivity contribution in [1.29, 1.82) is 0 Å². The van der Waals surface area contributed by atoms with Crippen molar-refractivity contribution >= 4 is 22.4 Å². The number of carboxylic acid groups (broad SMARTS) is 1. The van der Waals surface area contributed by atoms with E-state index in [9.17, 15) is 14.3 Å². The molecule has 3 aromatic rings. The summed E-state index contributed by atoms with van der Waals surface area (Å²) >= 11 is 1.71. The predicted molar refractivity (Wildman–Crippen MR) is 143 cm³/mol. The summed E-state index contributed by atoms with van der Waals surface area (Å²) in [5.74, 6) is -0.486. The first-order valence-electron chi connectivity index (χ1n) is 12.6. The summed E-state index contributed by atoms with van der Waals surface area (Å²) in [4.78, 5) is 20.5. The number of carboxylic acids is 1. The fraction of sp³-hybridized carbons (Fsp3) is 0.429. The van der Waals surface area contributed by atoms with Gasteiger partial charge in [0.2, 0.25) is 0 Å². The second-order valence-corrected chi connectivity index (χ2v) is 10.4. The van der Waals surface area contributed by atoms with Crippen molar-refractivity contribution in [2.24, 2.45) is 0 Å². The lowest BCUT2D eigenvalue weighted by Crippen LogP contribution is -2.53. The molecule has 1 atom stereocenters. The molecule has 198 valence electrons. The third-order valence-corrected chi connectivity index (χ3v) is 7.83. The molecule has 7 nitrogen and oxygen atoms in total. The minimum Gasteiger partial charge on any atom is -0.493 e. The molecular weight excluding hydrogens is 493 g/mol. The summed E-state index contributed by atoms with van der Waals surface area (Å²) in [6.07, 6.45) is 1.45. The van der Waals surface area contributed by atoms with E-state index in [1.165, 1.54) is 17.0 Å². The summed E-state index contributed by atoms with van der Waals surface area (Å²) in [6.45, 7) is 8.03. The van der Waals surface area contributed by atoms with E-state index < -0.39 is 11.5 Å². The number of ether oxygens (including phenoxy) is 2. The molecule has 0 amide bonds. The number of nitrogens with one attached hydrogen (secondary N) is 1. The first-order chi connectivity index (χ1) is 17.9. The number of thiazole rings is 1. The van der Waals surface area contributed by atoms with E-state index in [0.29, 0.717) is 26.0 Å². The standard InChI is InChI=1S/C28H34FN3O4S/c1-3-28(26(33)34,30-19-22-4-8-23(29)9-5-22)18-21-6-10-24(11-7-21)36-15-12-25-20(2)37-27(31-25)32-13-16-35-17-14-32/h4-11,30H,3,12-19H2,1-2H3,(H,33,34)/t28-/m0/s1. The Kier molecular flexibility index (Phi) is 9.13. The molecule has 2 heterocycles. The predicted octanol–water partition coefficient (Wildman–Crippen LogP) is 4.61. The highest BCUT2D eigenvalue weighted by molar-refractivity contribution is 7.15. The minimum atomic E-state index is -1.13. The molecule has 0 aliphatic carbocycles. The Bertz CT molecular complexity index is 1160. The number of halogens is 1. The second-order valence-electron chi connectivity index (χ2n) is 9.24. The first kappa shape index (κ1) is 27.0. The number of hydrogen-bond donors (Lipinski definition) is 2. The Labute approximate surface area is 221 Å². The summed E-state index contributed by atoms with van der Waals surface area (Å²) < 4.78 is 24.6. The topological polar surface area (TPSA) is 83.9 Å². The zero-order chi connectivity index (χ0) is 26.3. The summed E-state index contributed by atoms with van der Waals surface area (Å²) in [6, 6.07) is 13.7. The van der Waals surface area contributed by atoms with Crippen LogP contribution in [0.1, 0.15) is 35.0 Å². The molecule has 2 N–H and O–H groups in total. The van der Waals surface area contributed by atoms with Crippen molar-refractivity contribution in [3.63, 3.8) is 0 Å². The van der Waals surface area contributed by atoms with E-state index >= 15 is 0 Å². The van der Waals surface area contributed by atoms with Gasteiger partial charge in [-0.05, 0) is 48.7 Å². The summed E-state index contributed by atoms with van der Waals surface area (Å²) in [5, 5.41) is 14.3. The van der Waals surface area contributed by atoms with Crippen LogP contribution in [0.3, 0.4) is 0 Å².